The van der Waals surface area contributed by atoms with E-state index in [1.807, 2.05) is 18.7 Å². The van der Waals surface area contributed by atoms with E-state index < -0.39 is 5.54 Å². The van der Waals surface area contributed by atoms with Crippen molar-refractivity contribution in [2.45, 2.75) is 64.0 Å². The van der Waals surface area contributed by atoms with Gasteiger partial charge in [0.1, 0.15) is 5.54 Å². The monoisotopic (exact) mass is 264 g/mol. The van der Waals surface area contributed by atoms with Crippen LogP contribution in [-0.4, -0.2) is 34.8 Å². The molecule has 1 saturated heterocycles. The van der Waals surface area contributed by atoms with E-state index in [1.54, 1.807) is 0 Å². The van der Waals surface area contributed by atoms with Gasteiger partial charge in [-0.3, -0.25) is 9.59 Å². The molecule has 1 heterocycles. The van der Waals surface area contributed by atoms with Crippen LogP contribution in [0, 0.1) is 11.8 Å². The Kier molecular flexibility index (Phi) is 3.06. The van der Waals surface area contributed by atoms with E-state index in [9.17, 15) is 9.59 Å². The zero-order chi connectivity index (χ0) is 13.6. The summed E-state index contributed by atoms with van der Waals surface area (Å²) >= 11 is 0. The number of nitrogens with zero attached hydrogens (tertiary/aromatic N) is 1. The largest absolute Gasteiger partial charge is 0.342 e. The van der Waals surface area contributed by atoms with E-state index in [2.05, 4.69) is 5.32 Å². The lowest BCUT2D eigenvalue weighted by atomic mass is 9.94. The van der Waals surface area contributed by atoms with Crippen molar-refractivity contribution in [1.82, 2.24) is 10.2 Å². The Morgan fingerprint density at radius 1 is 1.26 bits per heavy atom. The second kappa shape index (κ2) is 4.50. The molecule has 0 aromatic heterocycles. The normalized spacial score (nSPS) is 36.1. The first-order valence-corrected chi connectivity index (χ1v) is 7.63. The number of carbonyl (C=O) groups excluding carboxylic acids is 2. The molecule has 1 N–H and O–H groups in total. The highest BCUT2D eigenvalue weighted by Gasteiger charge is 2.52. The van der Waals surface area contributed by atoms with Crippen LogP contribution in [-0.2, 0) is 9.59 Å². The van der Waals surface area contributed by atoms with Crippen molar-refractivity contribution >= 4 is 11.8 Å². The highest BCUT2D eigenvalue weighted by molar-refractivity contribution is 5.94. The van der Waals surface area contributed by atoms with Gasteiger partial charge in [0.15, 0.2) is 0 Å². The highest BCUT2D eigenvalue weighted by atomic mass is 16.2. The van der Waals surface area contributed by atoms with Crippen molar-refractivity contribution in [2.75, 3.05) is 6.54 Å². The summed E-state index contributed by atoms with van der Waals surface area (Å²) in [5.41, 5.74) is -0.647. The first kappa shape index (κ1) is 12.9. The van der Waals surface area contributed by atoms with Gasteiger partial charge in [0.05, 0.1) is 0 Å². The van der Waals surface area contributed by atoms with Gasteiger partial charge >= 0.3 is 0 Å². The van der Waals surface area contributed by atoms with Gasteiger partial charge in [0.25, 0.3) is 0 Å². The average molecular weight is 264 g/mol. The van der Waals surface area contributed by atoms with Crippen molar-refractivity contribution in [3.63, 3.8) is 0 Å². The SMILES string of the molecule is CC1CC(=O)NC(C)(C2CC2)C(=O)N1CCC1CC1. The van der Waals surface area contributed by atoms with Crippen molar-refractivity contribution in [3.05, 3.63) is 0 Å². The number of rotatable bonds is 4. The minimum Gasteiger partial charge on any atom is -0.342 e. The molecule has 3 rings (SSSR count). The lowest BCUT2D eigenvalue weighted by Crippen LogP contribution is -2.57. The minimum atomic E-state index is -0.647. The second-order valence-electron chi connectivity index (χ2n) is 6.81. The molecular weight excluding hydrogens is 240 g/mol. The molecule has 2 saturated carbocycles. The van der Waals surface area contributed by atoms with Crippen LogP contribution in [0.1, 0.15) is 52.4 Å². The van der Waals surface area contributed by atoms with Crippen LogP contribution in [0.3, 0.4) is 0 Å². The Morgan fingerprint density at radius 2 is 1.95 bits per heavy atom. The maximum absolute atomic E-state index is 12.8. The van der Waals surface area contributed by atoms with Crippen molar-refractivity contribution in [1.29, 1.82) is 0 Å². The third-order valence-corrected chi connectivity index (χ3v) is 4.99. The molecule has 0 radical (unpaired) electrons. The Balaban J connectivity index is 1.78. The molecule has 0 aromatic rings. The van der Waals surface area contributed by atoms with Crippen molar-refractivity contribution in [3.8, 4) is 0 Å². The van der Waals surface area contributed by atoms with E-state index in [1.165, 1.54) is 12.8 Å². The summed E-state index contributed by atoms with van der Waals surface area (Å²) in [5, 5.41) is 3.00. The first-order chi connectivity index (χ1) is 9.00. The first-order valence-electron chi connectivity index (χ1n) is 7.63. The predicted octanol–water partition coefficient (Wildman–Crippen LogP) is 1.69. The van der Waals surface area contributed by atoms with Gasteiger partial charge < -0.3 is 10.2 Å². The van der Waals surface area contributed by atoms with Crippen LogP contribution in [0.2, 0.25) is 0 Å². The fourth-order valence-corrected chi connectivity index (χ4v) is 3.26. The highest BCUT2D eigenvalue weighted by Crippen LogP contribution is 2.42. The molecule has 1 aliphatic heterocycles. The van der Waals surface area contributed by atoms with Gasteiger partial charge in [-0.2, -0.15) is 0 Å². The fourth-order valence-electron chi connectivity index (χ4n) is 3.26. The summed E-state index contributed by atoms with van der Waals surface area (Å²) in [4.78, 5) is 26.8. The number of hydrogen-bond acceptors (Lipinski definition) is 2. The molecule has 2 amide bonds. The number of nitrogens with one attached hydrogen (secondary N) is 1. The van der Waals surface area contributed by atoms with Gasteiger partial charge in [0.2, 0.25) is 11.8 Å². The lowest BCUT2D eigenvalue weighted by Gasteiger charge is -2.34. The van der Waals surface area contributed by atoms with Gasteiger partial charge in [0, 0.05) is 19.0 Å². The average Bonchev–Trinajstić information content (AvgIpc) is 3.18. The van der Waals surface area contributed by atoms with Crippen LogP contribution in [0.25, 0.3) is 0 Å². The molecule has 0 aromatic carbocycles. The lowest BCUT2D eigenvalue weighted by molar-refractivity contribution is -0.140. The molecule has 2 atom stereocenters. The molecule has 2 unspecified atom stereocenters. The van der Waals surface area contributed by atoms with Crippen LogP contribution in [0.15, 0.2) is 0 Å². The van der Waals surface area contributed by atoms with Crippen LogP contribution in [0.5, 0.6) is 0 Å². The van der Waals surface area contributed by atoms with Crippen LogP contribution < -0.4 is 5.32 Å². The van der Waals surface area contributed by atoms with E-state index >= 15 is 0 Å². The van der Waals surface area contributed by atoms with E-state index in [0.29, 0.717) is 12.3 Å². The molecule has 4 heteroatoms. The van der Waals surface area contributed by atoms with Gasteiger partial charge in [-0.1, -0.05) is 12.8 Å². The molecular formula is C15H24N2O2. The quantitative estimate of drug-likeness (QED) is 0.840. The second-order valence-corrected chi connectivity index (χ2v) is 6.81. The third kappa shape index (κ3) is 2.49. The van der Waals surface area contributed by atoms with Gasteiger partial charge in [-0.15, -0.1) is 0 Å². The number of amides is 2. The van der Waals surface area contributed by atoms with Crippen LogP contribution >= 0.6 is 0 Å². The predicted molar refractivity (Wildman–Crippen MR) is 72.4 cm³/mol. The minimum absolute atomic E-state index is 0.0316. The summed E-state index contributed by atoms with van der Waals surface area (Å²) in [6, 6.07) is 0.0341. The molecule has 3 fully saturated rings. The Bertz CT molecular complexity index is 401. The van der Waals surface area contributed by atoms with E-state index in [0.717, 1.165) is 31.7 Å². The fraction of sp³-hybridized carbons (Fsp3) is 0.867. The third-order valence-electron chi connectivity index (χ3n) is 4.99. The van der Waals surface area contributed by atoms with Gasteiger partial charge in [-0.25, -0.2) is 0 Å². The maximum atomic E-state index is 12.8. The molecule has 19 heavy (non-hydrogen) atoms. The summed E-state index contributed by atoms with van der Waals surface area (Å²) in [7, 11) is 0. The summed E-state index contributed by atoms with van der Waals surface area (Å²) in [5.74, 6) is 1.34. The molecule has 4 nitrogen and oxygen atoms in total. The molecule has 0 spiro atoms. The van der Waals surface area contributed by atoms with Gasteiger partial charge in [-0.05, 0) is 44.9 Å². The molecule has 2 aliphatic carbocycles. The zero-order valence-corrected chi connectivity index (χ0v) is 11.9. The summed E-state index contributed by atoms with van der Waals surface area (Å²) in [6.07, 6.45) is 6.30. The smallest absolute Gasteiger partial charge is 0.248 e. The standard InChI is InChI=1S/C15H24N2O2/c1-10-9-13(18)16-15(2,12-5-6-12)14(19)17(10)8-7-11-3-4-11/h10-12H,3-9H2,1-2H3,(H,16,18). The topological polar surface area (TPSA) is 49.4 Å². The summed E-state index contributed by atoms with van der Waals surface area (Å²) in [6.45, 7) is 4.75. The number of hydrogen-bond donors (Lipinski definition) is 1. The molecule has 3 aliphatic rings. The molecule has 106 valence electrons. The van der Waals surface area contributed by atoms with Crippen molar-refractivity contribution in [2.24, 2.45) is 11.8 Å². The zero-order valence-electron chi connectivity index (χ0n) is 11.9. The maximum Gasteiger partial charge on any atom is 0.248 e. The Labute approximate surface area is 114 Å². The van der Waals surface area contributed by atoms with E-state index in [-0.39, 0.29) is 17.9 Å². The van der Waals surface area contributed by atoms with Crippen molar-refractivity contribution < 1.29 is 9.59 Å². The Morgan fingerprint density at radius 3 is 2.53 bits per heavy atom. The summed E-state index contributed by atoms with van der Waals surface area (Å²) < 4.78 is 0. The number of carbonyl (C=O) groups is 2. The molecule has 0 bridgehead atoms. The van der Waals surface area contributed by atoms with Crippen LogP contribution in [0.4, 0.5) is 0 Å². The Hall–Kier alpha value is -1.06. The van der Waals surface area contributed by atoms with E-state index in [4.69, 9.17) is 0 Å².